The summed E-state index contributed by atoms with van der Waals surface area (Å²) in [6.45, 7) is 2.27. The van der Waals surface area contributed by atoms with Gasteiger partial charge in [0.05, 0.1) is 18.6 Å². The van der Waals surface area contributed by atoms with Crippen molar-refractivity contribution in [2.45, 2.75) is 18.5 Å². The number of nitrogens with zero attached hydrogens (tertiary/aromatic N) is 7. The van der Waals surface area contributed by atoms with Crippen LogP contribution in [0.25, 0.3) is 5.69 Å². The number of rotatable bonds is 4. The summed E-state index contributed by atoms with van der Waals surface area (Å²) < 4.78 is 1.97. The molecule has 1 aromatic carbocycles. The highest BCUT2D eigenvalue weighted by molar-refractivity contribution is 5.55. The van der Waals surface area contributed by atoms with Crippen molar-refractivity contribution in [3.05, 3.63) is 54.9 Å². The number of nitriles is 1. The van der Waals surface area contributed by atoms with E-state index in [1.165, 1.54) is 24.5 Å². The molecule has 0 radical (unpaired) electrons. The van der Waals surface area contributed by atoms with Gasteiger partial charge in [-0.3, -0.25) is 4.90 Å². The number of hydrogen-bond donors (Lipinski definition) is 1. The molecule has 2 aliphatic heterocycles. The molecule has 0 amide bonds. The molecular formula is C20H20N8. The predicted molar refractivity (Wildman–Crippen MR) is 106 cm³/mol. The summed E-state index contributed by atoms with van der Waals surface area (Å²) in [4.78, 5) is 17.5. The molecule has 3 aromatic rings. The Morgan fingerprint density at radius 2 is 1.82 bits per heavy atom. The molecule has 5 rings (SSSR count). The molecule has 2 bridgehead atoms. The summed E-state index contributed by atoms with van der Waals surface area (Å²) in [6.07, 6.45) is 7.89. The van der Waals surface area contributed by atoms with Crippen molar-refractivity contribution in [3.8, 4) is 11.8 Å². The quantitative estimate of drug-likeness (QED) is 0.751. The first-order chi connectivity index (χ1) is 13.7. The Hall–Kier alpha value is -3.44. The van der Waals surface area contributed by atoms with Gasteiger partial charge >= 0.3 is 0 Å². The fourth-order valence-corrected chi connectivity index (χ4v) is 4.11. The Bertz CT molecular complexity index is 1020. The molecule has 0 aliphatic carbocycles. The highest BCUT2D eigenvalue weighted by Gasteiger charge is 2.41. The van der Waals surface area contributed by atoms with Gasteiger partial charge in [0.1, 0.15) is 24.0 Å². The zero-order valence-corrected chi connectivity index (χ0v) is 15.5. The molecule has 2 aliphatic rings. The van der Waals surface area contributed by atoms with Crippen LogP contribution in [-0.4, -0.2) is 56.6 Å². The van der Waals surface area contributed by atoms with Gasteiger partial charge in [-0.25, -0.2) is 15.0 Å². The van der Waals surface area contributed by atoms with Crippen LogP contribution in [0.4, 0.5) is 17.3 Å². The summed E-state index contributed by atoms with van der Waals surface area (Å²) in [5.74, 6) is 1.22. The van der Waals surface area contributed by atoms with Crippen molar-refractivity contribution >= 4 is 17.3 Å². The number of likely N-dealkylation sites (tertiary alicyclic amines) is 1. The topological polar surface area (TPSA) is 85.9 Å². The maximum atomic E-state index is 8.79. The van der Waals surface area contributed by atoms with Gasteiger partial charge in [-0.05, 0) is 37.7 Å². The molecule has 0 saturated carbocycles. The summed E-state index contributed by atoms with van der Waals surface area (Å²) in [5.41, 5.74) is 2.63. The number of aromatic nitrogens is 4. The lowest BCUT2D eigenvalue weighted by atomic mass is 10.2. The zero-order valence-electron chi connectivity index (χ0n) is 15.5. The summed E-state index contributed by atoms with van der Waals surface area (Å²) in [5, 5.41) is 11.9. The van der Waals surface area contributed by atoms with Gasteiger partial charge in [-0.2, -0.15) is 5.26 Å². The second-order valence-electron chi connectivity index (χ2n) is 7.34. The average Bonchev–Trinajstić information content (AvgIpc) is 3.44. The fraction of sp³-hybridized carbons (Fsp3) is 0.300. The van der Waals surface area contributed by atoms with E-state index in [1.807, 2.05) is 16.8 Å². The van der Waals surface area contributed by atoms with Crippen LogP contribution in [-0.2, 0) is 0 Å². The second kappa shape index (κ2) is 6.62. The summed E-state index contributed by atoms with van der Waals surface area (Å²) in [7, 11) is 2.22. The molecule has 2 fully saturated rings. The summed E-state index contributed by atoms with van der Waals surface area (Å²) >= 11 is 0. The highest BCUT2D eigenvalue weighted by atomic mass is 15.3. The van der Waals surface area contributed by atoms with Gasteiger partial charge in [-0.1, -0.05) is 0 Å². The van der Waals surface area contributed by atoms with Crippen LogP contribution in [0.3, 0.4) is 0 Å². The van der Waals surface area contributed by atoms with Crippen LogP contribution in [0.5, 0.6) is 0 Å². The molecule has 2 atom stereocenters. The third kappa shape index (κ3) is 2.96. The number of piperazine rings is 1. The normalized spacial score (nSPS) is 21.1. The number of fused-ring (bicyclic) bond motifs is 2. The first-order valence-electron chi connectivity index (χ1n) is 9.30. The van der Waals surface area contributed by atoms with Crippen LogP contribution in [0.15, 0.2) is 49.2 Å². The number of anilines is 3. The van der Waals surface area contributed by atoms with E-state index in [0.29, 0.717) is 23.7 Å². The van der Waals surface area contributed by atoms with Crippen molar-refractivity contribution in [1.29, 1.82) is 5.26 Å². The highest BCUT2D eigenvalue weighted by Crippen LogP contribution is 2.33. The lowest BCUT2D eigenvalue weighted by Crippen LogP contribution is -2.44. The van der Waals surface area contributed by atoms with Gasteiger partial charge in [0.15, 0.2) is 5.69 Å². The maximum Gasteiger partial charge on any atom is 0.158 e. The largest absolute Gasteiger partial charge is 0.366 e. The molecule has 1 N–H and O–H groups in total. The Kier molecular flexibility index (Phi) is 3.95. The molecule has 0 unspecified atom stereocenters. The number of hydrogen-bond acceptors (Lipinski definition) is 7. The van der Waals surface area contributed by atoms with E-state index in [9.17, 15) is 0 Å². The Balaban J connectivity index is 1.28. The number of benzene rings is 1. The lowest BCUT2D eigenvalue weighted by Gasteiger charge is -2.33. The third-order valence-electron chi connectivity index (χ3n) is 5.60. The monoisotopic (exact) mass is 372 g/mol. The van der Waals surface area contributed by atoms with Gasteiger partial charge in [0.2, 0.25) is 0 Å². The minimum absolute atomic E-state index is 0.286. The standard InChI is InChI=1S/C20H20N8/c1-26-10-18-6-17(26)11-28(18)16-4-2-15(3-5-16)27-12-20(24-13-27)25-19-9-22-14(7-21)8-23-19/h2-5,8-9,12-13,17-18H,6,10-11H2,1H3,(H,23,25)/t17-,18-/m1/s1. The zero-order chi connectivity index (χ0) is 19.1. The fourth-order valence-electron chi connectivity index (χ4n) is 4.11. The number of likely N-dealkylation sites (N-methyl/N-ethyl adjacent to an activating group) is 1. The lowest BCUT2D eigenvalue weighted by molar-refractivity contribution is 0.292. The van der Waals surface area contributed by atoms with E-state index >= 15 is 0 Å². The third-order valence-corrected chi connectivity index (χ3v) is 5.60. The van der Waals surface area contributed by atoms with Crippen LogP contribution in [0.1, 0.15) is 12.1 Å². The van der Waals surface area contributed by atoms with Crippen LogP contribution < -0.4 is 10.2 Å². The van der Waals surface area contributed by atoms with E-state index in [4.69, 9.17) is 5.26 Å². The predicted octanol–water partition coefficient (Wildman–Crippen LogP) is 2.17. The first kappa shape index (κ1) is 16.7. The molecule has 4 heterocycles. The van der Waals surface area contributed by atoms with Crippen LogP contribution in [0.2, 0.25) is 0 Å². The van der Waals surface area contributed by atoms with Crippen molar-refractivity contribution in [3.63, 3.8) is 0 Å². The van der Waals surface area contributed by atoms with Gasteiger partial charge in [-0.15, -0.1) is 0 Å². The van der Waals surface area contributed by atoms with Gasteiger partial charge < -0.3 is 14.8 Å². The second-order valence-corrected chi connectivity index (χ2v) is 7.34. The molecular weight excluding hydrogens is 352 g/mol. The van der Waals surface area contributed by atoms with E-state index < -0.39 is 0 Å². The van der Waals surface area contributed by atoms with E-state index in [0.717, 1.165) is 18.8 Å². The van der Waals surface area contributed by atoms with Crippen molar-refractivity contribution < 1.29 is 0 Å². The first-order valence-corrected chi connectivity index (χ1v) is 9.30. The molecule has 2 saturated heterocycles. The SMILES string of the molecule is CN1C[C@H]2C[C@@H]1CN2c1ccc(-n2cnc(Nc3cnc(C#N)cn3)c2)cc1. The number of nitrogens with one attached hydrogen (secondary N) is 1. The summed E-state index contributed by atoms with van der Waals surface area (Å²) in [6, 6.07) is 11.9. The Morgan fingerprint density at radius 3 is 2.46 bits per heavy atom. The molecule has 28 heavy (non-hydrogen) atoms. The van der Waals surface area contributed by atoms with Crippen molar-refractivity contribution in [2.24, 2.45) is 0 Å². The van der Waals surface area contributed by atoms with Crippen molar-refractivity contribution in [1.82, 2.24) is 24.4 Å². The average molecular weight is 372 g/mol. The Labute approximate surface area is 163 Å². The molecule has 0 spiro atoms. The van der Waals surface area contributed by atoms with Crippen molar-refractivity contribution in [2.75, 3.05) is 30.4 Å². The molecule has 8 heteroatoms. The smallest absolute Gasteiger partial charge is 0.158 e. The van der Waals surface area contributed by atoms with Crippen LogP contribution in [0, 0.1) is 11.3 Å². The van der Waals surface area contributed by atoms with Gasteiger partial charge in [0.25, 0.3) is 0 Å². The van der Waals surface area contributed by atoms with E-state index in [-0.39, 0.29) is 5.69 Å². The molecule has 140 valence electrons. The minimum atomic E-state index is 0.286. The maximum absolute atomic E-state index is 8.79. The van der Waals surface area contributed by atoms with E-state index in [2.05, 4.69) is 61.4 Å². The van der Waals surface area contributed by atoms with E-state index in [1.54, 1.807) is 6.33 Å². The minimum Gasteiger partial charge on any atom is -0.366 e. The molecule has 2 aromatic heterocycles. The number of imidazole rings is 1. The van der Waals surface area contributed by atoms with Gasteiger partial charge in [0, 0.05) is 36.5 Å². The van der Waals surface area contributed by atoms with Crippen LogP contribution >= 0.6 is 0 Å². The Morgan fingerprint density at radius 1 is 1.00 bits per heavy atom. The molecule has 8 nitrogen and oxygen atoms in total.